The van der Waals surface area contributed by atoms with E-state index in [0.717, 1.165) is 22.3 Å². The molecule has 1 unspecified atom stereocenters. The van der Waals surface area contributed by atoms with Crippen LogP contribution in [0.4, 0.5) is 0 Å². The van der Waals surface area contributed by atoms with Crippen molar-refractivity contribution >= 4 is 10.0 Å². The molecule has 0 aromatic heterocycles. The lowest BCUT2D eigenvalue weighted by Gasteiger charge is -2.18. The number of aryl methyl sites for hydroxylation is 2. The Hall–Kier alpha value is -1.65. The Kier molecular flexibility index (Phi) is 5.27. The van der Waals surface area contributed by atoms with Crippen LogP contribution in [0.2, 0.25) is 0 Å². The predicted molar refractivity (Wildman–Crippen MR) is 95.2 cm³/mol. The Bertz CT molecular complexity index is 778. The van der Waals surface area contributed by atoms with Gasteiger partial charge in [-0.1, -0.05) is 49.7 Å². The third-order valence-electron chi connectivity index (χ3n) is 4.09. The third-order valence-corrected chi connectivity index (χ3v) is 5.65. The first-order valence-corrected chi connectivity index (χ1v) is 9.38. The molecule has 2 rings (SSSR count). The Labute approximate surface area is 139 Å². The monoisotopic (exact) mass is 331 g/mol. The van der Waals surface area contributed by atoms with Crippen molar-refractivity contribution in [3.63, 3.8) is 0 Å². The minimum atomic E-state index is -3.53. The third kappa shape index (κ3) is 4.21. The van der Waals surface area contributed by atoms with Gasteiger partial charge in [-0.3, -0.25) is 0 Å². The zero-order chi connectivity index (χ0) is 17.2. The number of hydrogen-bond acceptors (Lipinski definition) is 2. The second kappa shape index (κ2) is 6.85. The highest BCUT2D eigenvalue weighted by Crippen LogP contribution is 2.22. The van der Waals surface area contributed by atoms with Crippen molar-refractivity contribution in [2.24, 2.45) is 0 Å². The summed E-state index contributed by atoms with van der Waals surface area (Å²) in [7, 11) is -3.53. The quantitative estimate of drug-likeness (QED) is 0.879. The molecule has 0 spiro atoms. The molecule has 0 bridgehead atoms. The zero-order valence-electron chi connectivity index (χ0n) is 14.4. The molecule has 0 aliphatic rings. The summed E-state index contributed by atoms with van der Waals surface area (Å²) in [6.45, 7) is 10.1. The van der Waals surface area contributed by atoms with Gasteiger partial charge in [0.05, 0.1) is 4.90 Å². The molecule has 0 aliphatic heterocycles. The summed E-state index contributed by atoms with van der Waals surface area (Å²) in [4.78, 5) is 0.305. The van der Waals surface area contributed by atoms with Gasteiger partial charge in [0.25, 0.3) is 0 Å². The maximum Gasteiger partial charge on any atom is 0.241 e. The van der Waals surface area contributed by atoms with Gasteiger partial charge in [-0.05, 0) is 55.5 Å². The molecule has 0 amide bonds. The van der Waals surface area contributed by atoms with E-state index in [1.54, 1.807) is 12.1 Å². The van der Waals surface area contributed by atoms with Crippen molar-refractivity contribution in [2.75, 3.05) is 0 Å². The van der Waals surface area contributed by atoms with Crippen LogP contribution in [-0.4, -0.2) is 8.42 Å². The van der Waals surface area contributed by atoms with E-state index < -0.39 is 10.0 Å². The van der Waals surface area contributed by atoms with Crippen molar-refractivity contribution < 1.29 is 8.42 Å². The summed E-state index contributed by atoms with van der Waals surface area (Å²) < 4.78 is 27.9. The minimum absolute atomic E-state index is 0.273. The van der Waals surface area contributed by atoms with Crippen molar-refractivity contribution in [3.8, 4) is 0 Å². The molecular formula is C19H25NO2S. The lowest BCUT2D eigenvalue weighted by Crippen LogP contribution is -2.27. The van der Waals surface area contributed by atoms with Gasteiger partial charge in [-0.25, -0.2) is 13.1 Å². The molecule has 1 atom stereocenters. The molecule has 1 N–H and O–H groups in total. The zero-order valence-corrected chi connectivity index (χ0v) is 15.2. The smallest absolute Gasteiger partial charge is 0.207 e. The van der Waals surface area contributed by atoms with Crippen LogP contribution in [0.5, 0.6) is 0 Å². The number of rotatable bonds is 5. The molecule has 124 valence electrons. The second-order valence-electron chi connectivity index (χ2n) is 6.43. The normalized spacial score (nSPS) is 13.3. The first-order valence-electron chi connectivity index (χ1n) is 7.90. The van der Waals surface area contributed by atoms with Gasteiger partial charge in [0.15, 0.2) is 0 Å². The number of nitrogens with one attached hydrogen (secondary N) is 1. The summed E-state index contributed by atoms with van der Waals surface area (Å²) in [5, 5.41) is 0. The first-order chi connectivity index (χ1) is 10.7. The van der Waals surface area contributed by atoms with Gasteiger partial charge in [-0.15, -0.1) is 0 Å². The Morgan fingerprint density at radius 3 is 2.09 bits per heavy atom. The molecule has 0 saturated heterocycles. The van der Waals surface area contributed by atoms with Crippen molar-refractivity contribution in [3.05, 3.63) is 64.7 Å². The van der Waals surface area contributed by atoms with Crippen LogP contribution < -0.4 is 4.72 Å². The van der Waals surface area contributed by atoms with E-state index in [-0.39, 0.29) is 6.04 Å². The van der Waals surface area contributed by atoms with E-state index >= 15 is 0 Å². The topological polar surface area (TPSA) is 46.2 Å². The average molecular weight is 331 g/mol. The van der Waals surface area contributed by atoms with Crippen LogP contribution in [0, 0.1) is 13.8 Å². The maximum absolute atomic E-state index is 12.6. The summed E-state index contributed by atoms with van der Waals surface area (Å²) in [6, 6.07) is 12.9. The number of benzene rings is 2. The fraction of sp³-hybridized carbons (Fsp3) is 0.368. The lowest BCUT2D eigenvalue weighted by molar-refractivity contribution is 0.566. The maximum atomic E-state index is 12.6. The molecular weight excluding hydrogens is 306 g/mol. The van der Waals surface area contributed by atoms with Gasteiger partial charge in [-0.2, -0.15) is 0 Å². The predicted octanol–water partition coefficient (Wildman–Crippen LogP) is 4.47. The lowest BCUT2D eigenvalue weighted by atomic mass is 10.0. The van der Waals surface area contributed by atoms with E-state index in [1.807, 2.05) is 51.1 Å². The highest BCUT2D eigenvalue weighted by molar-refractivity contribution is 7.89. The Morgan fingerprint density at radius 2 is 1.52 bits per heavy atom. The highest BCUT2D eigenvalue weighted by atomic mass is 32.2. The largest absolute Gasteiger partial charge is 0.241 e. The van der Waals surface area contributed by atoms with Crippen LogP contribution in [0.1, 0.15) is 55.0 Å². The van der Waals surface area contributed by atoms with Gasteiger partial charge in [0, 0.05) is 6.04 Å². The molecule has 0 fully saturated rings. The van der Waals surface area contributed by atoms with E-state index in [1.165, 1.54) is 0 Å². The number of hydrogen-bond donors (Lipinski definition) is 1. The Balaban J connectivity index is 2.25. The average Bonchev–Trinajstić information content (AvgIpc) is 2.49. The van der Waals surface area contributed by atoms with Crippen LogP contribution in [-0.2, 0) is 10.0 Å². The summed E-state index contributed by atoms with van der Waals surface area (Å²) in [6.07, 6.45) is 0. The van der Waals surface area contributed by atoms with Crippen LogP contribution in [0.25, 0.3) is 0 Å². The van der Waals surface area contributed by atoms with Crippen LogP contribution >= 0.6 is 0 Å². The van der Waals surface area contributed by atoms with Gasteiger partial charge in [0.1, 0.15) is 0 Å². The highest BCUT2D eigenvalue weighted by Gasteiger charge is 2.19. The van der Waals surface area contributed by atoms with Crippen molar-refractivity contribution in [1.29, 1.82) is 0 Å². The molecule has 3 nitrogen and oxygen atoms in total. The van der Waals surface area contributed by atoms with Gasteiger partial charge < -0.3 is 0 Å². The first kappa shape index (κ1) is 17.7. The van der Waals surface area contributed by atoms with E-state index in [9.17, 15) is 8.42 Å². The van der Waals surface area contributed by atoms with Crippen LogP contribution in [0.15, 0.2) is 47.4 Å². The minimum Gasteiger partial charge on any atom is -0.207 e. The molecule has 23 heavy (non-hydrogen) atoms. The summed E-state index contributed by atoms with van der Waals surface area (Å²) >= 11 is 0. The standard InChI is InChI=1S/C19H25NO2S/c1-13(2)17-8-10-18(11-9-17)23(21,22)20-16(5)19-12-14(3)6-7-15(19)4/h6-13,16,20H,1-5H3. The molecule has 2 aromatic rings. The van der Waals surface area contributed by atoms with E-state index in [4.69, 9.17) is 0 Å². The summed E-state index contributed by atoms with van der Waals surface area (Å²) in [5.74, 6) is 0.383. The molecule has 2 aromatic carbocycles. The van der Waals surface area contributed by atoms with Gasteiger partial charge >= 0.3 is 0 Å². The fourth-order valence-corrected chi connectivity index (χ4v) is 3.85. The SMILES string of the molecule is Cc1ccc(C)c(C(C)NS(=O)(=O)c2ccc(C(C)C)cc2)c1. The van der Waals surface area contributed by atoms with E-state index in [2.05, 4.69) is 18.6 Å². The molecule has 0 radical (unpaired) electrons. The number of sulfonamides is 1. The fourth-order valence-electron chi connectivity index (χ4n) is 2.62. The second-order valence-corrected chi connectivity index (χ2v) is 8.14. The molecule has 0 aliphatic carbocycles. The van der Waals surface area contributed by atoms with Crippen molar-refractivity contribution in [2.45, 2.75) is 51.5 Å². The van der Waals surface area contributed by atoms with Crippen molar-refractivity contribution in [1.82, 2.24) is 4.72 Å². The molecule has 0 saturated carbocycles. The molecule has 0 heterocycles. The van der Waals surface area contributed by atoms with E-state index in [0.29, 0.717) is 10.8 Å². The molecule has 4 heteroatoms. The summed E-state index contributed by atoms with van der Waals surface area (Å²) in [5.41, 5.74) is 4.35. The van der Waals surface area contributed by atoms with Gasteiger partial charge in [0.2, 0.25) is 10.0 Å². The Morgan fingerprint density at radius 1 is 0.913 bits per heavy atom. The van der Waals surface area contributed by atoms with Crippen LogP contribution in [0.3, 0.4) is 0 Å².